The summed E-state index contributed by atoms with van der Waals surface area (Å²) in [7, 11) is 1.46. The Labute approximate surface area is 169 Å². The van der Waals surface area contributed by atoms with E-state index in [0.29, 0.717) is 23.1 Å². The summed E-state index contributed by atoms with van der Waals surface area (Å²) in [6.45, 7) is 3.52. The molecule has 0 radical (unpaired) electrons. The minimum atomic E-state index is -0.414. The predicted octanol–water partition coefficient (Wildman–Crippen LogP) is 2.02. The first-order valence-corrected chi connectivity index (χ1v) is 9.47. The third-order valence-corrected chi connectivity index (χ3v) is 4.42. The first-order valence-electron chi connectivity index (χ1n) is 9.47. The van der Waals surface area contributed by atoms with E-state index in [-0.39, 0.29) is 12.4 Å². The van der Waals surface area contributed by atoms with Crippen molar-refractivity contribution in [1.82, 2.24) is 15.4 Å². The Morgan fingerprint density at radius 2 is 2.07 bits per heavy atom. The van der Waals surface area contributed by atoms with Gasteiger partial charge in [-0.15, -0.1) is 0 Å². The van der Waals surface area contributed by atoms with Gasteiger partial charge in [-0.1, -0.05) is 0 Å². The number of hydrogen-bond acceptors (Lipinski definition) is 8. The van der Waals surface area contributed by atoms with E-state index in [4.69, 9.17) is 9.47 Å². The van der Waals surface area contributed by atoms with E-state index in [0.717, 1.165) is 31.6 Å². The van der Waals surface area contributed by atoms with Crippen molar-refractivity contribution in [3.05, 3.63) is 35.5 Å². The number of phenols is 1. The van der Waals surface area contributed by atoms with E-state index in [1.165, 1.54) is 25.8 Å². The molecule has 1 aliphatic rings. The first-order chi connectivity index (χ1) is 14.0. The third kappa shape index (κ3) is 5.81. The van der Waals surface area contributed by atoms with Crippen molar-refractivity contribution < 1.29 is 19.4 Å². The van der Waals surface area contributed by atoms with Gasteiger partial charge in [0, 0.05) is 24.8 Å². The molecular formula is C20H25N5O4. The summed E-state index contributed by atoms with van der Waals surface area (Å²) in [4.78, 5) is 23.0. The molecule has 2 N–H and O–H groups in total. The van der Waals surface area contributed by atoms with Crippen LogP contribution in [0.1, 0.15) is 30.5 Å². The molecule has 0 unspecified atom stereocenters. The molecule has 1 saturated heterocycles. The summed E-state index contributed by atoms with van der Waals surface area (Å²) in [5.74, 6) is 0.945. The highest BCUT2D eigenvalue weighted by Gasteiger charge is 2.15. The van der Waals surface area contributed by atoms with Gasteiger partial charge in [-0.25, -0.2) is 10.4 Å². The molecule has 1 aromatic heterocycles. The number of anilines is 1. The number of hydrogen-bond donors (Lipinski definition) is 2. The van der Waals surface area contributed by atoms with Crippen LogP contribution in [0.4, 0.5) is 5.95 Å². The van der Waals surface area contributed by atoms with E-state index < -0.39 is 5.91 Å². The van der Waals surface area contributed by atoms with Gasteiger partial charge in [0.1, 0.15) is 0 Å². The Hall–Kier alpha value is -3.36. The Morgan fingerprint density at radius 1 is 1.28 bits per heavy atom. The summed E-state index contributed by atoms with van der Waals surface area (Å²) in [5, 5.41) is 13.5. The maximum atomic E-state index is 12.0. The van der Waals surface area contributed by atoms with Gasteiger partial charge in [0.25, 0.3) is 5.91 Å². The molecule has 2 aromatic rings. The second-order valence-electron chi connectivity index (χ2n) is 6.71. The van der Waals surface area contributed by atoms with Crippen molar-refractivity contribution in [2.24, 2.45) is 5.10 Å². The molecule has 1 aliphatic heterocycles. The summed E-state index contributed by atoms with van der Waals surface area (Å²) < 4.78 is 10.5. The number of piperidine rings is 1. The second-order valence-corrected chi connectivity index (χ2v) is 6.71. The highest BCUT2D eigenvalue weighted by Crippen LogP contribution is 2.25. The number of aryl methyl sites for hydroxylation is 1. The van der Waals surface area contributed by atoms with Crippen LogP contribution in [-0.4, -0.2) is 54.0 Å². The predicted molar refractivity (Wildman–Crippen MR) is 109 cm³/mol. The minimum Gasteiger partial charge on any atom is -0.504 e. The van der Waals surface area contributed by atoms with Gasteiger partial charge >= 0.3 is 0 Å². The van der Waals surface area contributed by atoms with E-state index >= 15 is 0 Å². The molecule has 2 heterocycles. The average molecular weight is 399 g/mol. The molecule has 0 bridgehead atoms. The van der Waals surface area contributed by atoms with Crippen LogP contribution in [0.25, 0.3) is 0 Å². The Kier molecular flexibility index (Phi) is 6.83. The molecule has 0 saturated carbocycles. The number of benzene rings is 1. The van der Waals surface area contributed by atoms with Crippen molar-refractivity contribution in [1.29, 1.82) is 0 Å². The van der Waals surface area contributed by atoms with Crippen LogP contribution >= 0.6 is 0 Å². The maximum absolute atomic E-state index is 12.0. The van der Waals surface area contributed by atoms with Crippen LogP contribution in [-0.2, 0) is 4.79 Å². The van der Waals surface area contributed by atoms with Crippen molar-refractivity contribution in [2.75, 3.05) is 31.7 Å². The standard InChI is InChI=1S/C20H25N5O4/c1-14-10-19(23-20(22-14)25-8-4-3-5-9-25)29-13-18(27)24-21-12-15-6-7-16(26)17(11-15)28-2/h6-7,10-12,26H,3-5,8-9,13H2,1-2H3,(H,24,27)/b21-12+. The fraction of sp³-hybridized carbons (Fsp3) is 0.400. The lowest BCUT2D eigenvalue weighted by Crippen LogP contribution is -2.31. The monoisotopic (exact) mass is 399 g/mol. The van der Waals surface area contributed by atoms with Crippen LogP contribution in [0.3, 0.4) is 0 Å². The molecule has 1 aromatic carbocycles. The van der Waals surface area contributed by atoms with Gasteiger partial charge in [-0.05, 0) is 49.9 Å². The minimum absolute atomic E-state index is 0.0335. The molecule has 154 valence electrons. The van der Waals surface area contributed by atoms with Gasteiger partial charge in [0.05, 0.1) is 13.3 Å². The van der Waals surface area contributed by atoms with Crippen LogP contribution in [0.5, 0.6) is 17.4 Å². The number of amides is 1. The van der Waals surface area contributed by atoms with E-state index in [1.54, 1.807) is 18.2 Å². The van der Waals surface area contributed by atoms with E-state index in [1.807, 2.05) is 6.92 Å². The Bertz CT molecular complexity index is 881. The maximum Gasteiger partial charge on any atom is 0.278 e. The van der Waals surface area contributed by atoms with Crippen molar-refractivity contribution in [3.63, 3.8) is 0 Å². The average Bonchev–Trinajstić information content (AvgIpc) is 2.73. The summed E-state index contributed by atoms with van der Waals surface area (Å²) >= 11 is 0. The molecule has 9 heteroatoms. The molecule has 29 heavy (non-hydrogen) atoms. The number of aromatic hydroxyl groups is 1. The van der Waals surface area contributed by atoms with Crippen LogP contribution in [0, 0.1) is 6.92 Å². The molecule has 1 amide bonds. The number of aromatic nitrogens is 2. The van der Waals surface area contributed by atoms with Crippen molar-refractivity contribution in [2.45, 2.75) is 26.2 Å². The Balaban J connectivity index is 1.53. The number of nitrogens with zero attached hydrogens (tertiary/aromatic N) is 4. The largest absolute Gasteiger partial charge is 0.504 e. The highest BCUT2D eigenvalue weighted by atomic mass is 16.5. The number of carbonyl (C=O) groups excluding carboxylic acids is 1. The number of rotatable bonds is 7. The van der Waals surface area contributed by atoms with Gasteiger partial charge < -0.3 is 19.5 Å². The van der Waals surface area contributed by atoms with Crippen LogP contribution < -0.4 is 19.8 Å². The number of ether oxygens (including phenoxy) is 2. The molecule has 1 fully saturated rings. The van der Waals surface area contributed by atoms with E-state index in [9.17, 15) is 9.90 Å². The van der Waals surface area contributed by atoms with Gasteiger partial charge in [0.15, 0.2) is 18.1 Å². The second kappa shape index (κ2) is 9.72. The number of nitrogens with one attached hydrogen (secondary N) is 1. The van der Waals surface area contributed by atoms with Gasteiger partial charge in [0.2, 0.25) is 11.8 Å². The number of phenolic OH excluding ortho intramolecular Hbond substituents is 1. The number of carbonyl (C=O) groups is 1. The zero-order valence-corrected chi connectivity index (χ0v) is 16.6. The Morgan fingerprint density at radius 3 is 2.83 bits per heavy atom. The number of hydrazone groups is 1. The smallest absolute Gasteiger partial charge is 0.278 e. The lowest BCUT2D eigenvalue weighted by molar-refractivity contribution is -0.123. The molecule has 0 spiro atoms. The molecule has 3 rings (SSSR count). The number of methoxy groups -OCH3 is 1. The zero-order chi connectivity index (χ0) is 20.6. The fourth-order valence-corrected chi connectivity index (χ4v) is 2.96. The van der Waals surface area contributed by atoms with Crippen LogP contribution in [0.15, 0.2) is 29.4 Å². The molecule has 0 aliphatic carbocycles. The lowest BCUT2D eigenvalue weighted by atomic mass is 10.1. The quantitative estimate of drug-likeness (QED) is 0.541. The topological polar surface area (TPSA) is 109 Å². The van der Waals surface area contributed by atoms with Crippen molar-refractivity contribution >= 4 is 18.1 Å². The lowest BCUT2D eigenvalue weighted by Gasteiger charge is -2.26. The molecule has 0 atom stereocenters. The van der Waals surface area contributed by atoms with E-state index in [2.05, 4.69) is 25.4 Å². The normalized spacial score (nSPS) is 14.1. The highest BCUT2D eigenvalue weighted by molar-refractivity contribution is 5.83. The SMILES string of the molecule is COc1cc(/C=N/NC(=O)COc2cc(C)nc(N3CCCCC3)n2)ccc1O. The van der Waals surface area contributed by atoms with Crippen molar-refractivity contribution in [3.8, 4) is 17.4 Å². The van der Waals surface area contributed by atoms with Gasteiger partial charge in [-0.2, -0.15) is 10.1 Å². The van der Waals surface area contributed by atoms with Crippen LogP contribution in [0.2, 0.25) is 0 Å². The molecular weight excluding hydrogens is 374 g/mol. The summed E-state index contributed by atoms with van der Waals surface area (Å²) in [5.41, 5.74) is 3.85. The summed E-state index contributed by atoms with van der Waals surface area (Å²) in [6, 6.07) is 6.44. The zero-order valence-electron chi connectivity index (χ0n) is 16.6. The summed E-state index contributed by atoms with van der Waals surface area (Å²) in [6.07, 6.45) is 4.92. The van der Waals surface area contributed by atoms with Gasteiger partial charge in [-0.3, -0.25) is 4.79 Å². The third-order valence-electron chi connectivity index (χ3n) is 4.42. The fourth-order valence-electron chi connectivity index (χ4n) is 2.96. The molecule has 9 nitrogen and oxygen atoms in total. The first kappa shape index (κ1) is 20.4.